The molecule has 1 heterocycles. The Morgan fingerprint density at radius 3 is 2.68 bits per heavy atom. The maximum Gasteiger partial charge on any atom is 0.416 e. The van der Waals surface area contributed by atoms with Crippen molar-refractivity contribution in [2.24, 2.45) is 0 Å². The summed E-state index contributed by atoms with van der Waals surface area (Å²) in [7, 11) is 0. The first-order valence-electron chi connectivity index (χ1n) is 7.71. The van der Waals surface area contributed by atoms with Crippen LogP contribution in [0.3, 0.4) is 0 Å². The van der Waals surface area contributed by atoms with Crippen LogP contribution in [0.1, 0.15) is 25.3 Å². The SMILES string of the molecule is CC(=O)N(CC(=O)NCC1CCCO1)c1cc(C(F)(F)F)ccc1Cl. The summed E-state index contributed by atoms with van der Waals surface area (Å²) in [5.41, 5.74) is -1.10. The third-order valence-corrected chi connectivity index (χ3v) is 4.12. The zero-order valence-electron chi connectivity index (χ0n) is 13.5. The summed E-state index contributed by atoms with van der Waals surface area (Å²) >= 11 is 5.94. The Hall–Kier alpha value is -1.80. The number of hydrogen-bond acceptors (Lipinski definition) is 3. The van der Waals surface area contributed by atoms with Gasteiger partial charge in [-0.25, -0.2) is 0 Å². The number of carbonyl (C=O) groups is 2. The van der Waals surface area contributed by atoms with E-state index in [1.54, 1.807) is 0 Å². The fraction of sp³-hybridized carbons (Fsp3) is 0.500. The molecule has 0 aromatic heterocycles. The zero-order chi connectivity index (χ0) is 18.6. The van der Waals surface area contributed by atoms with E-state index in [-0.39, 0.29) is 16.8 Å². The van der Waals surface area contributed by atoms with Gasteiger partial charge in [0.1, 0.15) is 6.54 Å². The Labute approximate surface area is 148 Å². The highest BCUT2D eigenvalue weighted by atomic mass is 35.5. The van der Waals surface area contributed by atoms with Gasteiger partial charge in [0.25, 0.3) is 0 Å². The Morgan fingerprint density at radius 1 is 1.40 bits per heavy atom. The molecule has 0 aliphatic carbocycles. The maximum atomic E-state index is 12.9. The Balaban J connectivity index is 2.11. The van der Waals surface area contributed by atoms with Crippen LogP contribution in [-0.4, -0.2) is 37.6 Å². The van der Waals surface area contributed by atoms with E-state index in [0.29, 0.717) is 13.2 Å². The normalized spacial score (nSPS) is 17.4. The molecule has 1 aliphatic rings. The lowest BCUT2D eigenvalue weighted by atomic mass is 10.1. The number of hydrogen-bond donors (Lipinski definition) is 1. The Bertz CT molecular complexity index is 646. The highest BCUT2D eigenvalue weighted by Crippen LogP contribution is 2.35. The van der Waals surface area contributed by atoms with Crippen molar-refractivity contribution >= 4 is 29.1 Å². The number of carbonyl (C=O) groups excluding carboxylic acids is 2. The van der Waals surface area contributed by atoms with Gasteiger partial charge in [0.2, 0.25) is 11.8 Å². The second-order valence-corrected chi connectivity index (χ2v) is 6.12. The molecule has 1 aliphatic heterocycles. The number of alkyl halides is 3. The molecule has 1 atom stereocenters. The van der Waals surface area contributed by atoms with E-state index in [4.69, 9.17) is 16.3 Å². The highest BCUT2D eigenvalue weighted by molar-refractivity contribution is 6.34. The van der Waals surface area contributed by atoms with E-state index >= 15 is 0 Å². The van der Waals surface area contributed by atoms with E-state index < -0.39 is 30.1 Å². The maximum absolute atomic E-state index is 12.9. The molecule has 0 radical (unpaired) electrons. The van der Waals surface area contributed by atoms with Crippen molar-refractivity contribution in [3.05, 3.63) is 28.8 Å². The predicted molar refractivity (Wildman–Crippen MR) is 86.5 cm³/mol. The van der Waals surface area contributed by atoms with Gasteiger partial charge in [0.05, 0.1) is 22.4 Å². The number of anilines is 1. The predicted octanol–water partition coefficient (Wildman–Crippen LogP) is 3.01. The summed E-state index contributed by atoms with van der Waals surface area (Å²) in [6.07, 6.45) is -2.91. The summed E-state index contributed by atoms with van der Waals surface area (Å²) in [5.74, 6) is -1.09. The molecule has 2 rings (SSSR count). The number of ether oxygens (including phenoxy) is 1. The number of nitrogens with one attached hydrogen (secondary N) is 1. The molecular formula is C16H18ClF3N2O3. The molecule has 0 spiro atoms. The topological polar surface area (TPSA) is 58.6 Å². The number of benzene rings is 1. The van der Waals surface area contributed by atoms with Crippen LogP contribution in [0, 0.1) is 0 Å². The molecule has 0 saturated carbocycles. The summed E-state index contributed by atoms with van der Waals surface area (Å²) in [5, 5.41) is 2.57. The van der Waals surface area contributed by atoms with Gasteiger partial charge < -0.3 is 15.0 Å². The van der Waals surface area contributed by atoms with Crippen LogP contribution in [0.2, 0.25) is 5.02 Å². The number of nitrogens with zero attached hydrogens (tertiary/aromatic N) is 1. The molecule has 1 saturated heterocycles. The molecule has 1 N–H and O–H groups in total. The van der Waals surface area contributed by atoms with Gasteiger partial charge in [0, 0.05) is 20.1 Å². The first-order chi connectivity index (χ1) is 11.7. The minimum absolute atomic E-state index is 0.0462. The lowest BCUT2D eigenvalue weighted by Gasteiger charge is -2.23. The fourth-order valence-corrected chi connectivity index (χ4v) is 2.71. The zero-order valence-corrected chi connectivity index (χ0v) is 14.3. The van der Waals surface area contributed by atoms with Crippen LogP contribution in [0.15, 0.2) is 18.2 Å². The third kappa shape index (κ3) is 5.34. The molecule has 0 bridgehead atoms. The minimum Gasteiger partial charge on any atom is -0.376 e. The van der Waals surface area contributed by atoms with Gasteiger partial charge in [-0.2, -0.15) is 13.2 Å². The van der Waals surface area contributed by atoms with Gasteiger partial charge in [-0.05, 0) is 31.0 Å². The molecule has 1 aromatic rings. The van der Waals surface area contributed by atoms with Crippen LogP contribution in [0.25, 0.3) is 0 Å². The average Bonchev–Trinajstić information content (AvgIpc) is 3.03. The molecule has 138 valence electrons. The van der Waals surface area contributed by atoms with Gasteiger partial charge in [-0.1, -0.05) is 11.6 Å². The van der Waals surface area contributed by atoms with Gasteiger partial charge in [-0.15, -0.1) is 0 Å². The Morgan fingerprint density at radius 2 is 2.12 bits per heavy atom. The van der Waals surface area contributed by atoms with Gasteiger partial charge in [-0.3, -0.25) is 9.59 Å². The summed E-state index contributed by atoms with van der Waals surface area (Å²) < 4.78 is 44.0. The second kappa shape index (κ2) is 8.05. The van der Waals surface area contributed by atoms with Crippen LogP contribution >= 0.6 is 11.6 Å². The summed E-state index contributed by atoms with van der Waals surface area (Å²) in [6.45, 7) is 1.66. The van der Waals surface area contributed by atoms with Crippen LogP contribution < -0.4 is 10.2 Å². The molecule has 1 fully saturated rings. The van der Waals surface area contributed by atoms with Crippen molar-refractivity contribution in [1.29, 1.82) is 0 Å². The third-order valence-electron chi connectivity index (χ3n) is 3.80. The fourth-order valence-electron chi connectivity index (χ4n) is 2.49. The van der Waals surface area contributed by atoms with Crippen molar-refractivity contribution in [2.45, 2.75) is 32.0 Å². The molecule has 5 nitrogen and oxygen atoms in total. The molecule has 1 aromatic carbocycles. The number of amides is 2. The molecular weight excluding hydrogens is 361 g/mol. The summed E-state index contributed by atoms with van der Waals surface area (Å²) in [6, 6.07) is 2.64. The lowest BCUT2D eigenvalue weighted by molar-refractivity contribution is -0.137. The Kier molecular flexibility index (Phi) is 6.29. The standard InChI is InChI=1S/C16H18ClF3N2O3/c1-10(23)22(9-15(24)21-8-12-3-2-6-25-12)14-7-11(16(18,19)20)4-5-13(14)17/h4-5,7,12H,2-3,6,8-9H2,1H3,(H,21,24). The van der Waals surface area contributed by atoms with Gasteiger partial charge >= 0.3 is 6.18 Å². The lowest BCUT2D eigenvalue weighted by Crippen LogP contribution is -2.42. The van der Waals surface area contributed by atoms with Crippen LogP contribution in [0.4, 0.5) is 18.9 Å². The molecule has 25 heavy (non-hydrogen) atoms. The smallest absolute Gasteiger partial charge is 0.376 e. The molecule has 9 heteroatoms. The average molecular weight is 379 g/mol. The monoisotopic (exact) mass is 378 g/mol. The largest absolute Gasteiger partial charge is 0.416 e. The van der Waals surface area contributed by atoms with Crippen LogP contribution in [0.5, 0.6) is 0 Å². The molecule has 2 amide bonds. The van der Waals surface area contributed by atoms with Crippen molar-refractivity contribution < 1.29 is 27.5 Å². The van der Waals surface area contributed by atoms with E-state index in [1.807, 2.05) is 0 Å². The number of halogens is 4. The van der Waals surface area contributed by atoms with Crippen molar-refractivity contribution in [3.63, 3.8) is 0 Å². The summed E-state index contributed by atoms with van der Waals surface area (Å²) in [4.78, 5) is 24.8. The minimum atomic E-state index is -4.58. The van der Waals surface area contributed by atoms with E-state index in [0.717, 1.165) is 42.9 Å². The first-order valence-corrected chi connectivity index (χ1v) is 8.09. The van der Waals surface area contributed by atoms with E-state index in [2.05, 4.69) is 5.32 Å². The van der Waals surface area contributed by atoms with Gasteiger partial charge in [0.15, 0.2) is 0 Å². The van der Waals surface area contributed by atoms with Crippen molar-refractivity contribution in [2.75, 3.05) is 24.6 Å². The van der Waals surface area contributed by atoms with Crippen LogP contribution in [-0.2, 0) is 20.5 Å². The van der Waals surface area contributed by atoms with Crippen molar-refractivity contribution in [3.8, 4) is 0 Å². The quantitative estimate of drug-likeness (QED) is 0.857. The molecule has 1 unspecified atom stereocenters. The van der Waals surface area contributed by atoms with Crippen molar-refractivity contribution in [1.82, 2.24) is 5.32 Å². The van der Waals surface area contributed by atoms with E-state index in [1.165, 1.54) is 0 Å². The second-order valence-electron chi connectivity index (χ2n) is 5.71. The van der Waals surface area contributed by atoms with E-state index in [9.17, 15) is 22.8 Å². The highest BCUT2D eigenvalue weighted by Gasteiger charge is 2.32. The first kappa shape index (κ1) is 19.5. The number of rotatable bonds is 5.